The molecule has 0 spiro atoms. The molecule has 1 aromatic heterocycles. The van der Waals surface area contributed by atoms with Gasteiger partial charge in [-0.3, -0.25) is 4.79 Å². The van der Waals surface area contributed by atoms with Crippen molar-refractivity contribution in [2.75, 3.05) is 52.1 Å². The van der Waals surface area contributed by atoms with Crippen LogP contribution in [-0.4, -0.2) is 118 Å². The topological polar surface area (TPSA) is 127 Å². The molecule has 12 nitrogen and oxygen atoms in total. The second-order valence-corrected chi connectivity index (χ2v) is 12.4. The number of nitrogens with one attached hydrogen (secondary N) is 2. The average molecular weight is 603 g/mol. The summed E-state index contributed by atoms with van der Waals surface area (Å²) in [6.07, 6.45) is 2.67. The first-order chi connectivity index (χ1) is 21.3. The zero-order valence-corrected chi connectivity index (χ0v) is 25.8. The highest BCUT2D eigenvalue weighted by Gasteiger charge is 2.35. The molecule has 2 saturated heterocycles. The van der Waals surface area contributed by atoms with Crippen LogP contribution in [0.15, 0.2) is 36.4 Å². The van der Waals surface area contributed by atoms with Crippen LogP contribution in [0.5, 0.6) is 0 Å². The molecule has 3 aliphatic rings. The highest BCUT2D eigenvalue weighted by atomic mass is 16.6. The van der Waals surface area contributed by atoms with E-state index in [0.717, 1.165) is 47.2 Å². The number of nitrogens with zero attached hydrogens (tertiary/aromatic N) is 6. The second-order valence-electron chi connectivity index (χ2n) is 12.4. The number of hydrogen-bond acceptors (Lipinski definition) is 7. The Kier molecular flexibility index (Phi) is 8.69. The summed E-state index contributed by atoms with van der Waals surface area (Å²) in [5.74, 6) is -0.163. The minimum atomic E-state index is -0.949. The number of ether oxygens (including phenoxy) is 1. The van der Waals surface area contributed by atoms with E-state index in [-0.39, 0.29) is 24.4 Å². The van der Waals surface area contributed by atoms with Crippen LogP contribution < -0.4 is 5.32 Å². The van der Waals surface area contributed by atoms with Gasteiger partial charge in [-0.15, -0.1) is 0 Å². The number of carbonyl (C=O) groups excluding carboxylic acids is 3. The van der Waals surface area contributed by atoms with E-state index in [1.165, 1.54) is 0 Å². The van der Waals surface area contributed by atoms with Crippen LogP contribution in [0.4, 0.5) is 15.3 Å². The van der Waals surface area contributed by atoms with Gasteiger partial charge in [-0.05, 0) is 81.9 Å². The molecule has 3 aromatic rings. The second kappa shape index (κ2) is 12.8. The maximum Gasteiger partial charge on any atom is 0.410 e. The van der Waals surface area contributed by atoms with E-state index in [1.807, 2.05) is 53.1 Å². The third kappa shape index (κ3) is 6.35. The lowest BCUT2D eigenvalue weighted by Crippen LogP contribution is -2.52. The number of aryl methyl sites for hydroxylation is 1. The highest BCUT2D eigenvalue weighted by Crippen LogP contribution is 2.26. The number of piperidine rings is 2. The number of carbonyl (C=O) groups is 3. The number of rotatable bonds is 6. The smallest absolute Gasteiger partial charge is 0.410 e. The Hall–Kier alpha value is -4.19. The largest absolute Gasteiger partial charge is 0.436 e. The summed E-state index contributed by atoms with van der Waals surface area (Å²) < 4.78 is 6.03. The summed E-state index contributed by atoms with van der Waals surface area (Å²) in [5, 5.41) is 14.1. The molecule has 234 valence electrons. The van der Waals surface area contributed by atoms with Crippen molar-refractivity contribution in [1.82, 2.24) is 35.0 Å². The van der Waals surface area contributed by atoms with Crippen molar-refractivity contribution in [2.45, 2.75) is 63.6 Å². The Morgan fingerprint density at radius 2 is 1.73 bits per heavy atom. The fraction of sp³-hybridized carbons (Fsp3) is 0.531. The Morgan fingerprint density at radius 3 is 2.48 bits per heavy atom. The van der Waals surface area contributed by atoms with Crippen molar-refractivity contribution in [1.29, 1.82) is 0 Å². The normalized spacial score (nSPS) is 19.1. The number of anilines is 1. The standard InChI is InChI=1S/C32H42N8O4/c1-21-18-22(19-27-29(21)35-36-34-27)20-28(30(41)38-13-9-24(10-14-38)37(2)3)44-32(43)39-15-11-25(12-16-39)40-17-8-23-6-4-5-7-26(23)33-31(40)42/h4-7,18-19,24-25,28H,8-17,20H2,1-3H3,(H,33,42)(H,34,35,36). The summed E-state index contributed by atoms with van der Waals surface area (Å²) in [4.78, 5) is 48.0. The Balaban J connectivity index is 1.11. The van der Waals surface area contributed by atoms with Crippen LogP contribution in [-0.2, 0) is 22.4 Å². The number of fused-ring (bicyclic) bond motifs is 2. The van der Waals surface area contributed by atoms with E-state index in [4.69, 9.17) is 4.74 Å². The van der Waals surface area contributed by atoms with E-state index >= 15 is 0 Å². The van der Waals surface area contributed by atoms with Crippen molar-refractivity contribution in [3.8, 4) is 0 Å². The third-order valence-corrected chi connectivity index (χ3v) is 9.42. The molecule has 0 bridgehead atoms. The van der Waals surface area contributed by atoms with Crippen molar-refractivity contribution >= 4 is 34.8 Å². The van der Waals surface area contributed by atoms with Crippen LogP contribution in [0.2, 0.25) is 0 Å². The fourth-order valence-corrected chi connectivity index (χ4v) is 6.81. The fourth-order valence-electron chi connectivity index (χ4n) is 6.81. The van der Waals surface area contributed by atoms with Crippen LogP contribution in [0, 0.1) is 6.92 Å². The molecule has 44 heavy (non-hydrogen) atoms. The monoisotopic (exact) mass is 602 g/mol. The molecule has 1 atom stereocenters. The van der Waals surface area contributed by atoms with E-state index in [1.54, 1.807) is 4.90 Å². The minimum absolute atomic E-state index is 0.0287. The van der Waals surface area contributed by atoms with Gasteiger partial charge in [0, 0.05) is 56.9 Å². The molecule has 12 heteroatoms. The van der Waals surface area contributed by atoms with Gasteiger partial charge in [0.1, 0.15) is 11.0 Å². The highest BCUT2D eigenvalue weighted by molar-refractivity contribution is 5.91. The molecule has 4 amide bonds. The maximum absolute atomic E-state index is 13.8. The number of para-hydroxylation sites is 1. The zero-order chi connectivity index (χ0) is 30.8. The van der Waals surface area contributed by atoms with Gasteiger partial charge in [0.2, 0.25) is 0 Å². The number of H-pyrrole nitrogens is 1. The number of aromatic amines is 1. The molecule has 4 heterocycles. The van der Waals surface area contributed by atoms with E-state index in [0.29, 0.717) is 57.1 Å². The number of hydrogen-bond donors (Lipinski definition) is 2. The molecular weight excluding hydrogens is 560 g/mol. The molecule has 0 saturated carbocycles. The Bertz CT molecular complexity index is 1510. The molecule has 3 aliphatic heterocycles. The third-order valence-electron chi connectivity index (χ3n) is 9.42. The molecule has 1 unspecified atom stereocenters. The SMILES string of the molecule is Cc1cc(CC(OC(=O)N2CCC(N3CCc4ccccc4NC3=O)CC2)C(=O)N2CCC(N(C)C)CC2)cc2n[nH]nc12. The van der Waals surface area contributed by atoms with E-state index in [9.17, 15) is 14.4 Å². The van der Waals surface area contributed by atoms with Crippen LogP contribution in [0.3, 0.4) is 0 Å². The van der Waals surface area contributed by atoms with E-state index in [2.05, 4.69) is 39.7 Å². The molecular formula is C32H42N8O4. The number of urea groups is 1. The average Bonchev–Trinajstić information content (AvgIpc) is 3.44. The number of amides is 4. The summed E-state index contributed by atoms with van der Waals surface area (Å²) in [5.41, 5.74) is 5.30. The van der Waals surface area contributed by atoms with Crippen molar-refractivity contribution in [3.05, 3.63) is 53.1 Å². The summed E-state index contributed by atoms with van der Waals surface area (Å²) in [7, 11) is 4.13. The molecule has 2 fully saturated rings. The van der Waals surface area contributed by atoms with Crippen molar-refractivity contribution < 1.29 is 19.1 Å². The van der Waals surface area contributed by atoms with Gasteiger partial charge in [-0.25, -0.2) is 9.59 Å². The summed E-state index contributed by atoms with van der Waals surface area (Å²) in [6, 6.07) is 12.1. The first kappa shape index (κ1) is 29.9. The van der Waals surface area contributed by atoms with Gasteiger partial charge in [0.15, 0.2) is 6.10 Å². The van der Waals surface area contributed by atoms with Gasteiger partial charge in [-0.1, -0.05) is 24.3 Å². The molecule has 0 radical (unpaired) electrons. The maximum atomic E-state index is 13.8. The van der Waals surface area contributed by atoms with Gasteiger partial charge in [0.05, 0.1) is 0 Å². The lowest BCUT2D eigenvalue weighted by Gasteiger charge is -2.38. The number of benzene rings is 2. The quantitative estimate of drug-likeness (QED) is 0.443. The van der Waals surface area contributed by atoms with Gasteiger partial charge >= 0.3 is 12.1 Å². The number of likely N-dealkylation sites (tertiary alicyclic amines) is 2. The predicted octanol–water partition coefficient (Wildman–Crippen LogP) is 3.42. The zero-order valence-electron chi connectivity index (χ0n) is 25.8. The predicted molar refractivity (Wildman–Crippen MR) is 166 cm³/mol. The van der Waals surface area contributed by atoms with Gasteiger partial charge < -0.3 is 29.7 Å². The lowest BCUT2D eigenvalue weighted by molar-refractivity contribution is -0.142. The van der Waals surface area contributed by atoms with Crippen molar-refractivity contribution in [2.24, 2.45) is 0 Å². The Morgan fingerprint density at radius 1 is 1.00 bits per heavy atom. The van der Waals surface area contributed by atoms with Crippen LogP contribution in [0.1, 0.15) is 42.4 Å². The summed E-state index contributed by atoms with van der Waals surface area (Å²) in [6.45, 7) is 4.76. The molecule has 0 aliphatic carbocycles. The molecule has 6 rings (SSSR count). The van der Waals surface area contributed by atoms with Crippen molar-refractivity contribution in [3.63, 3.8) is 0 Å². The van der Waals surface area contributed by atoms with Gasteiger partial charge in [-0.2, -0.15) is 15.4 Å². The molecule has 2 N–H and O–H groups in total. The van der Waals surface area contributed by atoms with Crippen LogP contribution in [0.25, 0.3) is 11.0 Å². The van der Waals surface area contributed by atoms with Gasteiger partial charge in [0.25, 0.3) is 5.91 Å². The van der Waals surface area contributed by atoms with E-state index < -0.39 is 12.2 Å². The first-order valence-electron chi connectivity index (χ1n) is 15.6. The van der Waals surface area contributed by atoms with Crippen LogP contribution >= 0.6 is 0 Å². The first-order valence-corrected chi connectivity index (χ1v) is 15.6. The minimum Gasteiger partial charge on any atom is -0.436 e. The lowest BCUT2D eigenvalue weighted by atomic mass is 10.0. The number of aromatic nitrogens is 3. The Labute approximate surface area is 257 Å². The molecule has 2 aromatic carbocycles. The summed E-state index contributed by atoms with van der Waals surface area (Å²) >= 11 is 0.